The fraction of sp³-hybridized carbons (Fsp3) is 0.450. The van der Waals surface area contributed by atoms with E-state index in [4.69, 9.17) is 9.15 Å². The van der Waals surface area contributed by atoms with Crippen molar-refractivity contribution in [2.24, 2.45) is 5.92 Å². The number of furan rings is 1. The van der Waals surface area contributed by atoms with E-state index in [1.54, 1.807) is 13.4 Å². The zero-order chi connectivity index (χ0) is 18.4. The monoisotopic (exact) mass is 357 g/mol. The molecule has 0 bridgehead atoms. The van der Waals surface area contributed by atoms with E-state index >= 15 is 0 Å². The average molecular weight is 357 g/mol. The predicted molar refractivity (Wildman–Crippen MR) is 101 cm³/mol. The van der Waals surface area contributed by atoms with Crippen molar-refractivity contribution in [3.8, 4) is 5.75 Å². The SMILES string of the molecule is COc1cc(NC(=O)NC[C@H]2CCCN(Cc3ccco3)C2)ccc1C. The van der Waals surface area contributed by atoms with Gasteiger partial charge >= 0.3 is 6.03 Å². The van der Waals surface area contributed by atoms with E-state index in [0.717, 1.165) is 55.2 Å². The van der Waals surface area contributed by atoms with Gasteiger partial charge in [-0.15, -0.1) is 0 Å². The number of ether oxygens (including phenoxy) is 1. The summed E-state index contributed by atoms with van der Waals surface area (Å²) in [5.41, 5.74) is 1.77. The summed E-state index contributed by atoms with van der Waals surface area (Å²) in [6.07, 6.45) is 3.99. The van der Waals surface area contributed by atoms with E-state index in [2.05, 4.69) is 15.5 Å². The molecule has 1 atom stereocenters. The molecule has 0 radical (unpaired) electrons. The van der Waals surface area contributed by atoms with Crippen LogP contribution in [0.4, 0.5) is 10.5 Å². The molecule has 2 amide bonds. The molecule has 6 heteroatoms. The largest absolute Gasteiger partial charge is 0.496 e. The van der Waals surface area contributed by atoms with Crippen LogP contribution in [0.2, 0.25) is 0 Å². The van der Waals surface area contributed by atoms with Crippen LogP contribution in [0.1, 0.15) is 24.2 Å². The summed E-state index contributed by atoms with van der Waals surface area (Å²) in [6.45, 7) is 5.52. The maximum atomic E-state index is 12.2. The van der Waals surface area contributed by atoms with Crippen LogP contribution in [0, 0.1) is 12.8 Å². The van der Waals surface area contributed by atoms with Gasteiger partial charge in [-0.1, -0.05) is 6.07 Å². The summed E-state index contributed by atoms with van der Waals surface area (Å²) in [7, 11) is 1.63. The highest BCUT2D eigenvalue weighted by Gasteiger charge is 2.21. The van der Waals surface area contributed by atoms with Gasteiger partial charge < -0.3 is 19.8 Å². The molecule has 1 fully saturated rings. The minimum Gasteiger partial charge on any atom is -0.496 e. The molecule has 1 saturated heterocycles. The van der Waals surface area contributed by atoms with Crippen molar-refractivity contribution in [1.82, 2.24) is 10.2 Å². The summed E-state index contributed by atoms with van der Waals surface area (Å²) in [5, 5.41) is 5.86. The number of methoxy groups -OCH3 is 1. The number of nitrogens with zero attached hydrogens (tertiary/aromatic N) is 1. The Labute approximate surface area is 154 Å². The molecule has 1 aliphatic rings. The van der Waals surface area contributed by atoms with E-state index in [1.807, 2.05) is 37.3 Å². The summed E-state index contributed by atoms with van der Waals surface area (Å²) in [6, 6.07) is 9.39. The van der Waals surface area contributed by atoms with E-state index < -0.39 is 0 Å². The molecule has 0 spiro atoms. The standard InChI is InChI=1S/C20H27N3O3/c1-15-7-8-17(11-19(15)25-2)22-20(24)21-12-16-5-3-9-23(13-16)14-18-6-4-10-26-18/h4,6-8,10-11,16H,3,5,9,12-14H2,1-2H3,(H2,21,22,24)/t16-/m1/s1. The molecule has 0 unspecified atom stereocenters. The van der Waals surface area contributed by atoms with E-state index in [9.17, 15) is 4.79 Å². The molecule has 2 N–H and O–H groups in total. The topological polar surface area (TPSA) is 66.7 Å². The molecule has 6 nitrogen and oxygen atoms in total. The Kier molecular flexibility index (Phi) is 6.17. The minimum absolute atomic E-state index is 0.181. The molecule has 1 aliphatic heterocycles. The summed E-state index contributed by atoms with van der Waals surface area (Å²) >= 11 is 0. The Bertz CT molecular complexity index is 715. The second kappa shape index (κ2) is 8.76. The number of carbonyl (C=O) groups is 1. The summed E-state index contributed by atoms with van der Waals surface area (Å²) in [4.78, 5) is 14.6. The quantitative estimate of drug-likeness (QED) is 0.828. The molecule has 0 saturated carbocycles. The highest BCUT2D eigenvalue weighted by molar-refractivity contribution is 5.89. The van der Waals surface area contributed by atoms with Crippen LogP contribution in [0.5, 0.6) is 5.75 Å². The van der Waals surface area contributed by atoms with Gasteiger partial charge in [-0.25, -0.2) is 4.79 Å². The number of hydrogen-bond donors (Lipinski definition) is 2. The van der Waals surface area contributed by atoms with Crippen molar-refractivity contribution in [3.05, 3.63) is 47.9 Å². The number of rotatable bonds is 6. The van der Waals surface area contributed by atoms with E-state index in [-0.39, 0.29) is 6.03 Å². The fourth-order valence-electron chi connectivity index (χ4n) is 3.39. The Morgan fingerprint density at radius 3 is 3.04 bits per heavy atom. The minimum atomic E-state index is -0.181. The Balaban J connectivity index is 1.45. The molecule has 2 heterocycles. The first-order valence-corrected chi connectivity index (χ1v) is 9.08. The van der Waals surface area contributed by atoms with Gasteiger partial charge in [0.1, 0.15) is 11.5 Å². The van der Waals surface area contributed by atoms with Crippen LogP contribution in [0.25, 0.3) is 0 Å². The van der Waals surface area contributed by atoms with E-state index in [0.29, 0.717) is 12.5 Å². The van der Waals surface area contributed by atoms with Gasteiger partial charge in [0.05, 0.1) is 19.9 Å². The third kappa shape index (κ3) is 5.02. The van der Waals surface area contributed by atoms with Gasteiger partial charge in [0.25, 0.3) is 0 Å². The second-order valence-corrected chi connectivity index (χ2v) is 6.84. The number of likely N-dealkylation sites (tertiary alicyclic amines) is 1. The summed E-state index contributed by atoms with van der Waals surface area (Å²) in [5.74, 6) is 2.21. The van der Waals surface area contributed by atoms with Crippen molar-refractivity contribution in [1.29, 1.82) is 0 Å². The number of amides is 2. The highest BCUT2D eigenvalue weighted by atomic mass is 16.5. The van der Waals surface area contributed by atoms with E-state index in [1.165, 1.54) is 0 Å². The van der Waals surface area contributed by atoms with Gasteiger partial charge in [-0.2, -0.15) is 0 Å². The van der Waals surface area contributed by atoms with Gasteiger partial charge in [0, 0.05) is 24.8 Å². The molecular weight excluding hydrogens is 330 g/mol. The van der Waals surface area contributed by atoms with Crippen LogP contribution >= 0.6 is 0 Å². The van der Waals surface area contributed by atoms with Crippen molar-refractivity contribution in [2.75, 3.05) is 32.1 Å². The van der Waals surface area contributed by atoms with Crippen LogP contribution in [-0.4, -0.2) is 37.7 Å². The first kappa shape index (κ1) is 18.3. The van der Waals surface area contributed by atoms with Crippen molar-refractivity contribution in [3.63, 3.8) is 0 Å². The summed E-state index contributed by atoms with van der Waals surface area (Å²) < 4.78 is 10.7. The fourth-order valence-corrected chi connectivity index (χ4v) is 3.39. The third-order valence-electron chi connectivity index (χ3n) is 4.78. The lowest BCUT2D eigenvalue weighted by Crippen LogP contribution is -2.41. The van der Waals surface area contributed by atoms with Crippen LogP contribution in [0.3, 0.4) is 0 Å². The van der Waals surface area contributed by atoms with Gasteiger partial charge in [-0.05, 0) is 56.0 Å². The van der Waals surface area contributed by atoms with Crippen molar-refractivity contribution in [2.45, 2.75) is 26.3 Å². The zero-order valence-electron chi connectivity index (χ0n) is 15.5. The normalized spacial score (nSPS) is 17.7. The van der Waals surface area contributed by atoms with Crippen molar-refractivity contribution < 1.29 is 13.9 Å². The number of hydrogen-bond acceptors (Lipinski definition) is 4. The number of carbonyl (C=O) groups excluding carboxylic acids is 1. The first-order chi connectivity index (χ1) is 12.6. The smallest absolute Gasteiger partial charge is 0.319 e. The maximum absolute atomic E-state index is 12.2. The van der Waals surface area contributed by atoms with Crippen molar-refractivity contribution >= 4 is 11.7 Å². The lowest BCUT2D eigenvalue weighted by Gasteiger charge is -2.32. The molecule has 26 heavy (non-hydrogen) atoms. The van der Waals surface area contributed by atoms with Gasteiger partial charge in [0.2, 0.25) is 0 Å². The zero-order valence-corrected chi connectivity index (χ0v) is 15.5. The molecule has 1 aromatic heterocycles. The molecular formula is C20H27N3O3. The number of aryl methyl sites for hydroxylation is 1. The maximum Gasteiger partial charge on any atom is 0.319 e. The third-order valence-corrected chi connectivity index (χ3v) is 4.78. The lowest BCUT2D eigenvalue weighted by atomic mass is 9.98. The molecule has 140 valence electrons. The van der Waals surface area contributed by atoms with Gasteiger partial charge in [0.15, 0.2) is 0 Å². The molecule has 0 aliphatic carbocycles. The van der Waals surface area contributed by atoms with Crippen LogP contribution < -0.4 is 15.4 Å². The first-order valence-electron chi connectivity index (χ1n) is 9.08. The Morgan fingerprint density at radius 1 is 1.38 bits per heavy atom. The second-order valence-electron chi connectivity index (χ2n) is 6.84. The number of urea groups is 1. The molecule has 1 aromatic carbocycles. The number of benzene rings is 1. The Morgan fingerprint density at radius 2 is 2.27 bits per heavy atom. The highest BCUT2D eigenvalue weighted by Crippen LogP contribution is 2.22. The number of piperidine rings is 1. The molecule has 2 aromatic rings. The van der Waals surface area contributed by atoms with Crippen LogP contribution in [0.15, 0.2) is 41.0 Å². The molecule has 3 rings (SSSR count). The number of nitrogens with one attached hydrogen (secondary N) is 2. The lowest BCUT2D eigenvalue weighted by molar-refractivity contribution is 0.156. The number of anilines is 1. The van der Waals surface area contributed by atoms with Gasteiger partial charge in [-0.3, -0.25) is 4.90 Å². The Hall–Kier alpha value is -2.47. The van der Waals surface area contributed by atoms with Crippen LogP contribution in [-0.2, 0) is 6.54 Å². The average Bonchev–Trinajstić information content (AvgIpc) is 3.15. The predicted octanol–water partition coefficient (Wildman–Crippen LogP) is 3.63.